The molecule has 1 aliphatic rings. The summed E-state index contributed by atoms with van der Waals surface area (Å²) < 4.78 is 13.2. The third-order valence-corrected chi connectivity index (χ3v) is 6.56. The van der Waals surface area contributed by atoms with Gasteiger partial charge < -0.3 is 9.47 Å². The number of halogens is 1. The molecule has 3 aromatic carbocycles. The Bertz CT molecular complexity index is 1160. The number of thioether (sulfide) groups is 1. The summed E-state index contributed by atoms with van der Waals surface area (Å²) in [5.41, 5.74) is 1.86. The van der Waals surface area contributed by atoms with Gasteiger partial charge in [0.15, 0.2) is 15.8 Å². The van der Waals surface area contributed by atoms with Crippen molar-refractivity contribution in [3.8, 4) is 11.5 Å². The molecule has 0 aromatic heterocycles. The number of nitrogens with zero attached hydrogens (tertiary/aromatic N) is 2. The van der Waals surface area contributed by atoms with E-state index in [1.807, 2.05) is 37.3 Å². The topological polar surface area (TPSA) is 51.1 Å². The summed E-state index contributed by atoms with van der Waals surface area (Å²) in [6, 6.07) is 18.1. The van der Waals surface area contributed by atoms with E-state index in [0.29, 0.717) is 34.8 Å². The Morgan fingerprint density at radius 1 is 1.19 bits per heavy atom. The Balaban J connectivity index is 1.59. The van der Waals surface area contributed by atoms with Gasteiger partial charge in [0.2, 0.25) is 0 Å². The summed E-state index contributed by atoms with van der Waals surface area (Å²) in [6.07, 6.45) is 1.60. The minimum atomic E-state index is -0.120. The van der Waals surface area contributed by atoms with Crippen LogP contribution in [0.15, 0.2) is 64.2 Å². The van der Waals surface area contributed by atoms with Gasteiger partial charge in [-0.1, -0.05) is 66.4 Å². The molecule has 8 heteroatoms. The van der Waals surface area contributed by atoms with Crippen LogP contribution < -0.4 is 9.47 Å². The van der Waals surface area contributed by atoms with Crippen molar-refractivity contribution in [2.75, 3.05) is 12.4 Å². The molecule has 1 heterocycles. The van der Waals surface area contributed by atoms with E-state index in [1.54, 1.807) is 6.21 Å². The maximum atomic E-state index is 11.9. The maximum Gasteiger partial charge on any atom is 0.259 e. The van der Waals surface area contributed by atoms with E-state index in [4.69, 9.17) is 21.7 Å². The number of benzene rings is 3. The van der Waals surface area contributed by atoms with Gasteiger partial charge in [-0.2, -0.15) is 10.1 Å². The zero-order valence-electron chi connectivity index (χ0n) is 16.7. The lowest BCUT2D eigenvalue weighted by Gasteiger charge is -2.16. The molecule has 0 unspecified atom stereocenters. The van der Waals surface area contributed by atoms with Gasteiger partial charge in [0.1, 0.15) is 6.61 Å². The van der Waals surface area contributed by atoms with Gasteiger partial charge in [-0.05, 0) is 56.9 Å². The van der Waals surface area contributed by atoms with Crippen LogP contribution in [0, 0.1) is 0 Å². The lowest BCUT2D eigenvalue weighted by atomic mass is 10.1. The van der Waals surface area contributed by atoms with Crippen molar-refractivity contribution in [3.63, 3.8) is 0 Å². The standard InChI is InChI=1S/C23H19BrN2O3S2/c1-2-28-20-11-15(12-25-26-21(27)14-31-23(26)30)10-19(24)22(20)29-13-17-8-5-7-16-6-3-4-9-18(16)17/h3-12H,2,13-14H2,1H3/b25-12+. The summed E-state index contributed by atoms with van der Waals surface area (Å²) in [5.74, 6) is 1.43. The number of hydrazone groups is 1. The van der Waals surface area contributed by atoms with E-state index in [0.717, 1.165) is 21.0 Å². The van der Waals surface area contributed by atoms with Gasteiger partial charge in [0, 0.05) is 0 Å². The van der Waals surface area contributed by atoms with Crippen molar-refractivity contribution in [2.45, 2.75) is 13.5 Å². The van der Waals surface area contributed by atoms with Gasteiger partial charge in [0.25, 0.3) is 5.91 Å². The summed E-state index contributed by atoms with van der Waals surface area (Å²) in [6.45, 7) is 2.81. The van der Waals surface area contributed by atoms with Crippen LogP contribution in [-0.2, 0) is 11.4 Å². The Morgan fingerprint density at radius 2 is 2.00 bits per heavy atom. The number of ether oxygens (including phenoxy) is 2. The van der Waals surface area contributed by atoms with Crippen molar-refractivity contribution in [1.82, 2.24) is 5.01 Å². The summed E-state index contributed by atoms with van der Waals surface area (Å²) >= 11 is 10.1. The van der Waals surface area contributed by atoms with Crippen molar-refractivity contribution in [3.05, 3.63) is 70.2 Å². The molecule has 3 aromatic rings. The maximum absolute atomic E-state index is 11.9. The van der Waals surface area contributed by atoms with Crippen LogP contribution in [0.3, 0.4) is 0 Å². The van der Waals surface area contributed by atoms with Gasteiger partial charge in [-0.15, -0.1) is 0 Å². The number of amides is 1. The highest BCUT2D eigenvalue weighted by Crippen LogP contribution is 2.37. The van der Waals surface area contributed by atoms with E-state index < -0.39 is 0 Å². The van der Waals surface area contributed by atoms with Crippen LogP contribution in [0.5, 0.6) is 11.5 Å². The zero-order chi connectivity index (χ0) is 21.8. The molecule has 1 fully saturated rings. The highest BCUT2D eigenvalue weighted by Gasteiger charge is 2.26. The van der Waals surface area contributed by atoms with Crippen LogP contribution >= 0.6 is 39.9 Å². The molecule has 0 N–H and O–H groups in total. The van der Waals surface area contributed by atoms with Crippen molar-refractivity contribution >= 4 is 67.1 Å². The summed E-state index contributed by atoms with van der Waals surface area (Å²) in [4.78, 5) is 11.9. The Morgan fingerprint density at radius 3 is 2.77 bits per heavy atom. The van der Waals surface area contributed by atoms with Gasteiger partial charge in [0.05, 0.1) is 23.0 Å². The molecule has 4 rings (SSSR count). The normalized spacial score (nSPS) is 14.1. The molecule has 158 valence electrons. The molecule has 0 bridgehead atoms. The molecule has 0 spiro atoms. The average Bonchev–Trinajstić information content (AvgIpc) is 3.09. The van der Waals surface area contributed by atoms with Crippen LogP contribution in [-0.4, -0.2) is 33.8 Å². The first-order chi connectivity index (χ1) is 15.1. The lowest BCUT2D eigenvalue weighted by molar-refractivity contribution is -0.123. The number of hydrogen-bond donors (Lipinski definition) is 0. The number of carbonyl (C=O) groups is 1. The molecular weight excluding hydrogens is 496 g/mol. The van der Waals surface area contributed by atoms with E-state index in [1.165, 1.54) is 22.2 Å². The monoisotopic (exact) mass is 514 g/mol. The first-order valence-corrected chi connectivity index (χ1v) is 11.8. The molecule has 0 radical (unpaired) electrons. The van der Waals surface area contributed by atoms with E-state index in [-0.39, 0.29) is 5.91 Å². The molecule has 5 nitrogen and oxygen atoms in total. The lowest BCUT2D eigenvalue weighted by Crippen LogP contribution is -2.22. The highest BCUT2D eigenvalue weighted by atomic mass is 79.9. The molecule has 1 saturated heterocycles. The second kappa shape index (κ2) is 9.80. The number of fused-ring (bicyclic) bond motifs is 1. The van der Waals surface area contributed by atoms with Gasteiger partial charge in [-0.25, -0.2) is 0 Å². The number of carbonyl (C=O) groups excluding carboxylic acids is 1. The first kappa shape index (κ1) is 21.8. The zero-order valence-corrected chi connectivity index (χ0v) is 19.9. The fraction of sp³-hybridized carbons (Fsp3) is 0.174. The largest absolute Gasteiger partial charge is 0.490 e. The molecule has 1 amide bonds. The molecule has 0 aliphatic carbocycles. The van der Waals surface area contributed by atoms with Crippen LogP contribution in [0.1, 0.15) is 18.1 Å². The number of thiocarbonyl (C=S) groups is 1. The number of hydrogen-bond acceptors (Lipinski definition) is 6. The molecular formula is C23H19BrN2O3S2. The van der Waals surface area contributed by atoms with Crippen molar-refractivity contribution < 1.29 is 14.3 Å². The predicted octanol–water partition coefficient (Wildman–Crippen LogP) is 5.77. The smallest absolute Gasteiger partial charge is 0.259 e. The fourth-order valence-corrected chi connectivity index (χ4v) is 4.76. The third kappa shape index (κ3) is 4.92. The predicted molar refractivity (Wildman–Crippen MR) is 133 cm³/mol. The molecule has 1 aliphatic heterocycles. The Kier molecular flexibility index (Phi) is 6.89. The van der Waals surface area contributed by atoms with Crippen molar-refractivity contribution in [2.24, 2.45) is 5.10 Å². The van der Waals surface area contributed by atoms with E-state index in [9.17, 15) is 4.79 Å². The minimum Gasteiger partial charge on any atom is -0.490 e. The van der Waals surface area contributed by atoms with Crippen LogP contribution in [0.2, 0.25) is 0 Å². The van der Waals surface area contributed by atoms with Crippen LogP contribution in [0.4, 0.5) is 0 Å². The van der Waals surface area contributed by atoms with E-state index in [2.05, 4.69) is 45.3 Å². The van der Waals surface area contributed by atoms with Crippen molar-refractivity contribution in [1.29, 1.82) is 0 Å². The van der Waals surface area contributed by atoms with Gasteiger partial charge in [-0.3, -0.25) is 4.79 Å². The number of rotatable bonds is 7. The third-order valence-electron chi connectivity index (χ3n) is 4.63. The summed E-state index contributed by atoms with van der Waals surface area (Å²) in [5, 5.41) is 7.82. The second-order valence-corrected chi connectivity index (χ2v) is 9.16. The molecule has 0 atom stereocenters. The van der Waals surface area contributed by atoms with E-state index >= 15 is 0 Å². The molecule has 0 saturated carbocycles. The first-order valence-electron chi connectivity index (χ1n) is 9.66. The van der Waals surface area contributed by atoms with Crippen LogP contribution in [0.25, 0.3) is 10.8 Å². The Hall–Kier alpha value is -2.42. The Labute approximate surface area is 198 Å². The average molecular weight is 515 g/mol. The van der Waals surface area contributed by atoms with Gasteiger partial charge >= 0.3 is 0 Å². The molecule has 31 heavy (non-hydrogen) atoms. The summed E-state index contributed by atoms with van der Waals surface area (Å²) in [7, 11) is 0. The quantitative estimate of drug-likeness (QED) is 0.295. The highest BCUT2D eigenvalue weighted by molar-refractivity contribution is 9.10. The second-order valence-electron chi connectivity index (χ2n) is 6.69. The minimum absolute atomic E-state index is 0.120. The SMILES string of the molecule is CCOc1cc(/C=N/N2C(=O)CSC2=S)cc(Br)c1OCc1cccc2ccccc12. The fourth-order valence-electron chi connectivity index (χ4n) is 3.22.